The van der Waals surface area contributed by atoms with Crippen LogP contribution >= 0.6 is 22.9 Å². The van der Waals surface area contributed by atoms with Crippen LogP contribution in [0.25, 0.3) is 0 Å². The predicted molar refractivity (Wildman–Crippen MR) is 89.4 cm³/mol. The summed E-state index contributed by atoms with van der Waals surface area (Å²) in [7, 11) is 0. The Morgan fingerprint density at radius 3 is 2.74 bits per heavy atom. The molecule has 4 nitrogen and oxygen atoms in total. The SMILES string of the molecule is Cc1sc(C2OCCO2)cc1C(=O)c1cc(Cl)ccc1CCO. The van der Waals surface area contributed by atoms with Crippen molar-refractivity contribution in [1.29, 1.82) is 0 Å². The molecule has 0 spiro atoms. The van der Waals surface area contributed by atoms with Gasteiger partial charge in [0.1, 0.15) is 0 Å². The molecule has 1 fully saturated rings. The van der Waals surface area contributed by atoms with Crippen molar-refractivity contribution >= 4 is 28.7 Å². The van der Waals surface area contributed by atoms with Gasteiger partial charge in [0, 0.05) is 27.6 Å². The molecule has 122 valence electrons. The molecule has 2 heterocycles. The lowest BCUT2D eigenvalue weighted by atomic mass is 9.97. The van der Waals surface area contributed by atoms with E-state index < -0.39 is 0 Å². The minimum Gasteiger partial charge on any atom is -0.396 e. The first-order valence-electron chi connectivity index (χ1n) is 7.37. The molecule has 0 amide bonds. The number of ketones is 1. The second-order valence-electron chi connectivity index (χ2n) is 5.30. The van der Waals surface area contributed by atoms with Crippen LogP contribution in [0.3, 0.4) is 0 Å². The molecule has 0 atom stereocenters. The lowest BCUT2D eigenvalue weighted by Gasteiger charge is -2.08. The first kappa shape index (κ1) is 16.6. The molecular formula is C17H17ClO4S. The highest BCUT2D eigenvalue weighted by molar-refractivity contribution is 7.12. The maximum atomic E-state index is 12.9. The number of aliphatic hydroxyl groups excluding tert-OH is 1. The molecule has 0 bridgehead atoms. The topological polar surface area (TPSA) is 55.8 Å². The number of hydrogen-bond acceptors (Lipinski definition) is 5. The van der Waals surface area contributed by atoms with Gasteiger partial charge in [0.05, 0.1) is 18.1 Å². The second kappa shape index (κ2) is 7.11. The minimum absolute atomic E-state index is 0.0143. The van der Waals surface area contributed by atoms with Gasteiger partial charge in [-0.2, -0.15) is 0 Å². The van der Waals surface area contributed by atoms with E-state index in [0.29, 0.717) is 35.8 Å². The normalized spacial score (nSPS) is 15.3. The van der Waals surface area contributed by atoms with Gasteiger partial charge in [0.25, 0.3) is 0 Å². The number of carbonyl (C=O) groups is 1. The van der Waals surface area contributed by atoms with Crippen LogP contribution < -0.4 is 0 Å². The van der Waals surface area contributed by atoms with E-state index in [9.17, 15) is 9.90 Å². The largest absolute Gasteiger partial charge is 0.396 e. The van der Waals surface area contributed by atoms with Crippen LogP contribution in [-0.4, -0.2) is 30.7 Å². The van der Waals surface area contributed by atoms with Crippen molar-refractivity contribution in [2.45, 2.75) is 19.6 Å². The highest BCUT2D eigenvalue weighted by Crippen LogP contribution is 2.33. The smallest absolute Gasteiger partial charge is 0.194 e. The van der Waals surface area contributed by atoms with Crippen molar-refractivity contribution in [2.75, 3.05) is 19.8 Å². The molecule has 1 aliphatic rings. The fourth-order valence-corrected chi connectivity index (χ4v) is 3.81. The molecule has 1 aromatic heterocycles. The molecule has 3 rings (SSSR count). The van der Waals surface area contributed by atoms with Gasteiger partial charge in [0.2, 0.25) is 0 Å². The number of aryl methyl sites for hydroxylation is 1. The number of rotatable bonds is 5. The van der Waals surface area contributed by atoms with E-state index in [-0.39, 0.29) is 18.7 Å². The third kappa shape index (κ3) is 3.49. The maximum absolute atomic E-state index is 12.9. The molecule has 1 N–H and O–H groups in total. The minimum atomic E-state index is -0.378. The summed E-state index contributed by atoms with van der Waals surface area (Å²) in [6.07, 6.45) is 0.0416. The number of halogens is 1. The Bertz CT molecular complexity index is 719. The van der Waals surface area contributed by atoms with Gasteiger partial charge >= 0.3 is 0 Å². The van der Waals surface area contributed by atoms with Crippen molar-refractivity contribution in [3.8, 4) is 0 Å². The maximum Gasteiger partial charge on any atom is 0.194 e. The fourth-order valence-electron chi connectivity index (χ4n) is 2.61. The van der Waals surface area contributed by atoms with Crippen LogP contribution in [0, 0.1) is 6.92 Å². The summed E-state index contributed by atoms with van der Waals surface area (Å²) in [5.74, 6) is -0.0889. The zero-order chi connectivity index (χ0) is 16.4. The number of hydrogen-bond donors (Lipinski definition) is 1. The van der Waals surface area contributed by atoms with E-state index in [0.717, 1.165) is 15.3 Å². The lowest BCUT2D eigenvalue weighted by molar-refractivity contribution is -0.0413. The van der Waals surface area contributed by atoms with Crippen LogP contribution in [0.15, 0.2) is 24.3 Å². The number of ether oxygens (including phenoxy) is 2. The Labute approximate surface area is 143 Å². The van der Waals surface area contributed by atoms with E-state index in [2.05, 4.69) is 0 Å². The second-order valence-corrected chi connectivity index (χ2v) is 7.02. The Balaban J connectivity index is 1.95. The standard InChI is InChI=1S/C17H17ClO4S/c1-10-13(9-15(23-10)17-21-6-7-22-17)16(20)14-8-12(18)3-2-11(14)4-5-19/h2-3,8-9,17,19H,4-7H2,1H3. The van der Waals surface area contributed by atoms with Gasteiger partial charge < -0.3 is 14.6 Å². The number of benzene rings is 1. The average molecular weight is 353 g/mol. The summed E-state index contributed by atoms with van der Waals surface area (Å²) in [5.41, 5.74) is 1.96. The molecular weight excluding hydrogens is 336 g/mol. The average Bonchev–Trinajstić information content (AvgIpc) is 3.18. The Morgan fingerprint density at radius 2 is 2.04 bits per heavy atom. The quantitative estimate of drug-likeness (QED) is 0.836. The summed E-state index contributed by atoms with van der Waals surface area (Å²) >= 11 is 7.55. The van der Waals surface area contributed by atoms with Crippen LogP contribution in [-0.2, 0) is 15.9 Å². The van der Waals surface area contributed by atoms with Gasteiger partial charge in [-0.1, -0.05) is 17.7 Å². The van der Waals surface area contributed by atoms with Crippen molar-refractivity contribution in [3.05, 3.63) is 55.7 Å². The number of aliphatic hydroxyl groups is 1. The van der Waals surface area contributed by atoms with Gasteiger partial charge in [0.15, 0.2) is 12.1 Å². The third-order valence-electron chi connectivity index (χ3n) is 3.73. The molecule has 1 saturated heterocycles. The van der Waals surface area contributed by atoms with Crippen LogP contribution in [0.2, 0.25) is 5.02 Å². The summed E-state index contributed by atoms with van der Waals surface area (Å²) in [4.78, 5) is 14.7. The van der Waals surface area contributed by atoms with Crippen molar-refractivity contribution in [1.82, 2.24) is 0 Å². The Hall–Kier alpha value is -1.24. The predicted octanol–water partition coefficient (Wildman–Crippen LogP) is 3.52. The van der Waals surface area contributed by atoms with Crippen molar-refractivity contribution < 1.29 is 19.4 Å². The van der Waals surface area contributed by atoms with Crippen LogP contribution in [0.1, 0.15) is 37.5 Å². The van der Waals surface area contributed by atoms with E-state index in [4.69, 9.17) is 21.1 Å². The molecule has 0 radical (unpaired) electrons. The highest BCUT2D eigenvalue weighted by atomic mass is 35.5. The van der Waals surface area contributed by atoms with E-state index in [1.54, 1.807) is 18.2 Å². The zero-order valence-corrected chi connectivity index (χ0v) is 14.2. The Kier molecular flexibility index (Phi) is 5.14. The molecule has 0 saturated carbocycles. The van der Waals surface area contributed by atoms with Crippen molar-refractivity contribution in [3.63, 3.8) is 0 Å². The van der Waals surface area contributed by atoms with Crippen molar-refractivity contribution in [2.24, 2.45) is 0 Å². The zero-order valence-electron chi connectivity index (χ0n) is 12.7. The third-order valence-corrected chi connectivity index (χ3v) is 5.04. The van der Waals surface area contributed by atoms with E-state index >= 15 is 0 Å². The molecule has 1 aliphatic heterocycles. The molecule has 6 heteroatoms. The summed E-state index contributed by atoms with van der Waals surface area (Å²) in [5, 5.41) is 9.70. The molecule has 23 heavy (non-hydrogen) atoms. The summed E-state index contributed by atoms with van der Waals surface area (Å²) in [6.45, 7) is 3.03. The van der Waals surface area contributed by atoms with Gasteiger partial charge in [-0.25, -0.2) is 0 Å². The molecule has 0 unspecified atom stereocenters. The van der Waals surface area contributed by atoms with E-state index in [1.807, 2.05) is 13.0 Å². The Morgan fingerprint density at radius 1 is 1.30 bits per heavy atom. The fraction of sp³-hybridized carbons (Fsp3) is 0.353. The van der Waals surface area contributed by atoms with Gasteiger partial charge in [-0.05, 0) is 37.1 Å². The molecule has 0 aliphatic carbocycles. The number of thiophene rings is 1. The monoisotopic (exact) mass is 352 g/mol. The summed E-state index contributed by atoms with van der Waals surface area (Å²) in [6, 6.07) is 7.02. The van der Waals surface area contributed by atoms with Crippen LogP contribution in [0.5, 0.6) is 0 Å². The highest BCUT2D eigenvalue weighted by Gasteiger charge is 2.24. The first-order valence-corrected chi connectivity index (χ1v) is 8.57. The van der Waals surface area contributed by atoms with Crippen LogP contribution in [0.4, 0.5) is 0 Å². The van der Waals surface area contributed by atoms with Gasteiger partial charge in [-0.3, -0.25) is 4.79 Å². The van der Waals surface area contributed by atoms with E-state index in [1.165, 1.54) is 11.3 Å². The molecule has 2 aromatic rings. The first-order chi connectivity index (χ1) is 11.1. The van der Waals surface area contributed by atoms with Gasteiger partial charge in [-0.15, -0.1) is 11.3 Å². The lowest BCUT2D eigenvalue weighted by Crippen LogP contribution is -2.07. The molecule has 1 aromatic carbocycles. The number of carbonyl (C=O) groups excluding carboxylic acids is 1. The summed E-state index contributed by atoms with van der Waals surface area (Å²) < 4.78 is 11.0.